The molecule has 0 atom stereocenters. The van der Waals surface area contributed by atoms with Crippen LogP contribution in [0.3, 0.4) is 0 Å². The van der Waals surface area contributed by atoms with Gasteiger partial charge in [-0.1, -0.05) is 50.4 Å². The fraction of sp³-hybridized carbons (Fsp3) is 0.440. The van der Waals surface area contributed by atoms with Gasteiger partial charge in [0.2, 0.25) is 0 Å². The van der Waals surface area contributed by atoms with Gasteiger partial charge >= 0.3 is 0 Å². The average Bonchev–Trinajstić information content (AvgIpc) is 3.09. The van der Waals surface area contributed by atoms with Crippen molar-refractivity contribution in [2.75, 3.05) is 13.3 Å². The summed E-state index contributed by atoms with van der Waals surface area (Å²) in [6.45, 7) is 4.36. The lowest BCUT2D eigenvalue weighted by Gasteiger charge is -2.08. The van der Waals surface area contributed by atoms with E-state index >= 15 is 0 Å². The summed E-state index contributed by atoms with van der Waals surface area (Å²) in [6.07, 6.45) is 8.86. The molecule has 2 aromatic carbocycles. The number of aromatic nitrogens is 1. The first-order chi connectivity index (χ1) is 14.9. The first kappa shape index (κ1) is 25.2. The highest BCUT2D eigenvalue weighted by atomic mass is 32.2. The van der Waals surface area contributed by atoms with Crippen LogP contribution in [0.1, 0.15) is 61.0 Å². The second-order valence-electron chi connectivity index (χ2n) is 7.55. The van der Waals surface area contributed by atoms with Crippen LogP contribution in [0.15, 0.2) is 46.1 Å². The van der Waals surface area contributed by atoms with Crippen LogP contribution in [0, 0.1) is 0 Å². The topological polar surface area (TPSA) is 51.1 Å². The Kier molecular flexibility index (Phi) is 10.3. The molecule has 0 unspecified atom stereocenters. The van der Waals surface area contributed by atoms with Gasteiger partial charge in [-0.25, -0.2) is 0 Å². The van der Waals surface area contributed by atoms with Crippen LogP contribution >= 0.6 is 23.3 Å². The van der Waals surface area contributed by atoms with Crippen LogP contribution in [0.25, 0.3) is 10.1 Å². The maximum absolute atomic E-state index is 11.7. The van der Waals surface area contributed by atoms with Crippen molar-refractivity contribution in [3.05, 3.63) is 63.4 Å². The summed E-state index contributed by atoms with van der Waals surface area (Å²) in [5, 5.41) is 3.56. The van der Waals surface area contributed by atoms with Crippen molar-refractivity contribution < 1.29 is 4.79 Å². The van der Waals surface area contributed by atoms with Gasteiger partial charge in [-0.05, 0) is 67.3 Å². The molecule has 3 rings (SSSR count). The summed E-state index contributed by atoms with van der Waals surface area (Å²) in [5.41, 5.74) is 3.45. The number of hydrogen-bond acceptors (Lipinski definition) is 4. The Morgan fingerprint density at radius 3 is 2.23 bits per heavy atom. The van der Waals surface area contributed by atoms with Crippen LogP contribution in [0.4, 0.5) is 0 Å². The molecule has 0 saturated heterocycles. The van der Waals surface area contributed by atoms with Crippen molar-refractivity contribution in [3.8, 4) is 0 Å². The van der Waals surface area contributed by atoms with Gasteiger partial charge < -0.3 is 5.32 Å². The molecule has 0 fully saturated rings. The highest BCUT2D eigenvalue weighted by Gasteiger charge is 2.10. The van der Waals surface area contributed by atoms with Gasteiger partial charge in [0.05, 0.1) is 15.6 Å². The van der Waals surface area contributed by atoms with Gasteiger partial charge in [-0.2, -0.15) is 0 Å². The number of fused-ring (bicyclic) bond motifs is 1. The highest BCUT2D eigenvalue weighted by molar-refractivity contribution is 7.98. The molecule has 0 spiro atoms. The van der Waals surface area contributed by atoms with E-state index in [2.05, 4.69) is 37.4 Å². The predicted octanol–water partition coefficient (Wildman–Crippen LogP) is 6.05. The summed E-state index contributed by atoms with van der Waals surface area (Å²) in [6, 6.07) is 12.4. The molecule has 0 bridgehead atoms. The second kappa shape index (κ2) is 12.7. The summed E-state index contributed by atoms with van der Waals surface area (Å²) >= 11 is 3.13. The van der Waals surface area contributed by atoms with Crippen LogP contribution in [0.2, 0.25) is 0 Å². The molecule has 1 N–H and O–H groups in total. The van der Waals surface area contributed by atoms with Crippen molar-refractivity contribution >= 4 is 39.3 Å². The lowest BCUT2D eigenvalue weighted by atomic mass is 10.1. The lowest BCUT2D eigenvalue weighted by Crippen LogP contribution is -2.18. The Labute approximate surface area is 194 Å². The summed E-state index contributed by atoms with van der Waals surface area (Å²) in [5.74, 6) is 0.00250. The fourth-order valence-electron chi connectivity index (χ4n) is 3.32. The highest BCUT2D eigenvalue weighted by Crippen LogP contribution is 2.22. The molecule has 0 aliphatic carbocycles. The van der Waals surface area contributed by atoms with Gasteiger partial charge in [-0.15, -0.1) is 11.8 Å². The zero-order valence-electron chi connectivity index (χ0n) is 19.3. The van der Waals surface area contributed by atoms with Crippen molar-refractivity contribution in [2.45, 2.75) is 57.3 Å². The van der Waals surface area contributed by atoms with Crippen molar-refractivity contribution in [3.63, 3.8) is 0 Å². The fourth-order valence-corrected chi connectivity index (χ4v) is 4.75. The number of aryl methyl sites for hydroxylation is 3. The molecule has 0 saturated carbocycles. The molecular formula is C25H34N2O2S2. The third-order valence-electron chi connectivity index (χ3n) is 5.17. The first-order valence-corrected chi connectivity index (χ1v) is 12.9. The van der Waals surface area contributed by atoms with Crippen molar-refractivity contribution in [1.82, 2.24) is 9.27 Å². The number of benzene rings is 2. The minimum Gasteiger partial charge on any atom is -0.355 e. The Balaban J connectivity index is 0.000000220. The van der Waals surface area contributed by atoms with Crippen LogP contribution in [-0.2, 0) is 19.9 Å². The van der Waals surface area contributed by atoms with Crippen LogP contribution in [0.5, 0.6) is 0 Å². The van der Waals surface area contributed by atoms with E-state index in [9.17, 15) is 9.59 Å². The van der Waals surface area contributed by atoms with Crippen LogP contribution in [-0.4, -0.2) is 23.2 Å². The van der Waals surface area contributed by atoms with Gasteiger partial charge in [0.1, 0.15) is 0 Å². The van der Waals surface area contributed by atoms with Gasteiger partial charge in [-0.3, -0.25) is 13.5 Å². The molecule has 6 heteroatoms. The molecule has 0 aliphatic rings. The number of rotatable bonds is 8. The monoisotopic (exact) mass is 458 g/mol. The van der Waals surface area contributed by atoms with Crippen LogP contribution < -0.4 is 10.9 Å². The lowest BCUT2D eigenvalue weighted by molar-refractivity contribution is 0.0960. The maximum atomic E-state index is 11.7. The summed E-state index contributed by atoms with van der Waals surface area (Å²) < 4.78 is 2.77. The number of hydrogen-bond donors (Lipinski definition) is 1. The number of nitrogens with zero attached hydrogens (tertiary/aromatic N) is 1. The van der Waals surface area contributed by atoms with E-state index in [1.54, 1.807) is 22.8 Å². The smallest absolute Gasteiger partial charge is 0.268 e. The average molecular weight is 459 g/mol. The van der Waals surface area contributed by atoms with Gasteiger partial charge in [0, 0.05) is 19.0 Å². The van der Waals surface area contributed by atoms with E-state index in [0.717, 1.165) is 33.4 Å². The number of unbranched alkanes of at least 4 members (excludes halogenated alkanes) is 2. The number of carbonyl (C=O) groups excluding carboxylic acids is 1. The predicted molar refractivity (Wildman–Crippen MR) is 136 cm³/mol. The van der Waals surface area contributed by atoms with E-state index in [0.29, 0.717) is 0 Å². The molecule has 3 aromatic rings. The molecule has 0 aliphatic heterocycles. The number of thioether (sulfide) groups is 1. The van der Waals surface area contributed by atoms with Crippen molar-refractivity contribution in [1.29, 1.82) is 0 Å². The normalized spacial score (nSPS) is 10.6. The summed E-state index contributed by atoms with van der Waals surface area (Å²) in [4.78, 5) is 24.5. The maximum Gasteiger partial charge on any atom is 0.268 e. The number of carbonyl (C=O) groups is 1. The molecule has 1 amide bonds. The van der Waals surface area contributed by atoms with E-state index in [-0.39, 0.29) is 11.5 Å². The molecular weight excluding hydrogens is 424 g/mol. The molecule has 0 radical (unpaired) electrons. The quantitative estimate of drug-likeness (QED) is 0.418. The second-order valence-corrected chi connectivity index (χ2v) is 9.56. The Hall–Kier alpha value is -2.05. The van der Waals surface area contributed by atoms with Gasteiger partial charge in [0.15, 0.2) is 0 Å². The van der Waals surface area contributed by atoms with Crippen molar-refractivity contribution in [2.24, 2.45) is 7.05 Å². The Morgan fingerprint density at radius 1 is 1.03 bits per heavy atom. The number of nitrogens with one attached hydrogen (secondary N) is 1. The molecule has 31 heavy (non-hydrogen) atoms. The number of amides is 1. The molecule has 1 heterocycles. The van der Waals surface area contributed by atoms with Gasteiger partial charge in [0.25, 0.3) is 11.5 Å². The molecule has 4 nitrogen and oxygen atoms in total. The summed E-state index contributed by atoms with van der Waals surface area (Å²) in [7, 11) is 3.49. The standard InChI is InChI=1S/C13H19NOS.C12H15NOS/c1-4-5-6-10-7-8-12(16-3)11(9-10)13(15)14-2;1-3-4-5-9-6-7-11-10(8-9)12(14)13(2)15-11/h7-9H,4-6H2,1-3H3,(H,14,15);6-8H,3-5H2,1-2H3. The van der Waals surface area contributed by atoms with E-state index in [1.807, 2.05) is 31.5 Å². The Morgan fingerprint density at radius 2 is 1.65 bits per heavy atom. The Bertz CT molecular complexity index is 1050. The third-order valence-corrected chi connectivity index (χ3v) is 6.96. The molecule has 168 valence electrons. The molecule has 1 aromatic heterocycles. The first-order valence-electron chi connectivity index (χ1n) is 10.9. The van der Waals surface area contributed by atoms with E-state index in [1.165, 1.54) is 48.3 Å². The largest absolute Gasteiger partial charge is 0.355 e. The minimum absolute atomic E-state index is 0.00250. The zero-order valence-corrected chi connectivity index (χ0v) is 20.9. The SMILES string of the molecule is CCCCc1ccc(SC)c(C(=O)NC)c1.CCCCc1ccc2sn(C)c(=O)c2c1. The third kappa shape index (κ3) is 6.97. The van der Waals surface area contributed by atoms with E-state index < -0.39 is 0 Å². The van der Waals surface area contributed by atoms with E-state index in [4.69, 9.17) is 0 Å². The zero-order chi connectivity index (χ0) is 22.8. The minimum atomic E-state index is 0.00250.